The van der Waals surface area contributed by atoms with Crippen LogP contribution >= 0.6 is 0 Å². The van der Waals surface area contributed by atoms with Crippen molar-refractivity contribution >= 4 is 6.03 Å². The number of benzene rings is 1. The summed E-state index contributed by atoms with van der Waals surface area (Å²) in [4.78, 5) is 13.8. The molecule has 1 N–H and O–H groups in total. The highest BCUT2D eigenvalue weighted by atomic mass is 16.5. The summed E-state index contributed by atoms with van der Waals surface area (Å²) in [5.74, 6) is 0. The van der Waals surface area contributed by atoms with E-state index in [0.717, 1.165) is 25.0 Å². The first-order valence-corrected chi connectivity index (χ1v) is 6.84. The third-order valence-electron chi connectivity index (χ3n) is 3.48. The average molecular weight is 262 g/mol. The smallest absolute Gasteiger partial charge is 0.317 e. The fourth-order valence-corrected chi connectivity index (χ4v) is 2.32. The second kappa shape index (κ2) is 6.57. The summed E-state index contributed by atoms with van der Waals surface area (Å²) in [5, 5.41) is 3.00. The van der Waals surface area contributed by atoms with Crippen LogP contribution in [0.5, 0.6) is 0 Å². The van der Waals surface area contributed by atoms with Crippen molar-refractivity contribution in [2.45, 2.75) is 38.5 Å². The van der Waals surface area contributed by atoms with Crippen molar-refractivity contribution in [1.29, 1.82) is 0 Å². The van der Waals surface area contributed by atoms with Crippen molar-refractivity contribution in [2.24, 2.45) is 0 Å². The number of ether oxygens (including phenoxy) is 1. The molecule has 104 valence electrons. The number of carbonyl (C=O) groups excluding carboxylic acids is 1. The summed E-state index contributed by atoms with van der Waals surface area (Å²) in [6.45, 7) is 3.43. The summed E-state index contributed by atoms with van der Waals surface area (Å²) in [5.41, 5.74) is 1.13. The molecule has 0 radical (unpaired) electrons. The lowest BCUT2D eigenvalue weighted by Gasteiger charge is -2.24. The van der Waals surface area contributed by atoms with Crippen molar-refractivity contribution < 1.29 is 9.53 Å². The van der Waals surface area contributed by atoms with Gasteiger partial charge in [0.15, 0.2) is 0 Å². The van der Waals surface area contributed by atoms with Crippen LogP contribution in [0.25, 0.3) is 0 Å². The average Bonchev–Trinajstić information content (AvgIpc) is 2.93. The van der Waals surface area contributed by atoms with Crippen LogP contribution in [0, 0.1) is 0 Å². The van der Waals surface area contributed by atoms with E-state index in [-0.39, 0.29) is 18.2 Å². The Hall–Kier alpha value is -1.55. The normalized spacial score (nSPS) is 20.0. The van der Waals surface area contributed by atoms with Gasteiger partial charge in [-0.2, -0.15) is 0 Å². The third-order valence-corrected chi connectivity index (χ3v) is 3.48. The summed E-state index contributed by atoms with van der Waals surface area (Å²) in [7, 11) is 1.81. The van der Waals surface area contributed by atoms with Crippen LogP contribution < -0.4 is 5.32 Å². The molecule has 1 aromatic carbocycles. The minimum atomic E-state index is -0.0492. The summed E-state index contributed by atoms with van der Waals surface area (Å²) >= 11 is 0. The van der Waals surface area contributed by atoms with Crippen LogP contribution in [0.15, 0.2) is 30.3 Å². The quantitative estimate of drug-likeness (QED) is 0.905. The molecule has 0 bridgehead atoms. The molecule has 1 fully saturated rings. The van der Waals surface area contributed by atoms with Crippen LogP contribution in [0.3, 0.4) is 0 Å². The highest BCUT2D eigenvalue weighted by Gasteiger charge is 2.24. The summed E-state index contributed by atoms with van der Waals surface area (Å²) < 4.78 is 5.58. The van der Waals surface area contributed by atoms with E-state index in [1.54, 1.807) is 4.90 Å². The molecular weight excluding hydrogens is 240 g/mol. The Morgan fingerprint density at radius 2 is 2.21 bits per heavy atom. The Labute approximate surface area is 114 Å². The lowest BCUT2D eigenvalue weighted by Crippen LogP contribution is -2.46. The van der Waals surface area contributed by atoms with Gasteiger partial charge in [-0.05, 0) is 25.3 Å². The van der Waals surface area contributed by atoms with Gasteiger partial charge in [0.05, 0.1) is 12.1 Å². The molecule has 1 aliphatic rings. The number of amides is 2. The van der Waals surface area contributed by atoms with E-state index in [0.29, 0.717) is 6.54 Å². The SMILES string of the molecule is CC(NC(=O)N(C)Cc1ccccc1)C1CCCO1. The zero-order chi connectivity index (χ0) is 13.7. The second-order valence-corrected chi connectivity index (χ2v) is 5.13. The highest BCUT2D eigenvalue weighted by molar-refractivity contribution is 5.74. The van der Waals surface area contributed by atoms with Gasteiger partial charge < -0.3 is 15.0 Å². The van der Waals surface area contributed by atoms with Gasteiger partial charge in [0.25, 0.3) is 0 Å². The molecule has 4 heteroatoms. The molecule has 1 aromatic rings. The minimum Gasteiger partial charge on any atom is -0.376 e. The zero-order valence-electron chi connectivity index (χ0n) is 11.6. The van der Waals surface area contributed by atoms with Gasteiger partial charge in [0.1, 0.15) is 0 Å². The maximum atomic E-state index is 12.1. The molecule has 2 unspecified atom stereocenters. The summed E-state index contributed by atoms with van der Waals surface area (Å²) in [6.07, 6.45) is 2.28. The molecule has 0 aromatic heterocycles. The maximum absolute atomic E-state index is 12.1. The first-order valence-electron chi connectivity index (χ1n) is 6.84. The van der Waals surface area contributed by atoms with Crippen LogP contribution in [-0.2, 0) is 11.3 Å². The first kappa shape index (κ1) is 13.9. The van der Waals surface area contributed by atoms with Crippen LogP contribution in [0.4, 0.5) is 4.79 Å². The molecule has 1 heterocycles. The molecule has 1 aliphatic heterocycles. The van der Waals surface area contributed by atoms with E-state index >= 15 is 0 Å². The predicted octanol–water partition coefficient (Wildman–Crippen LogP) is 2.40. The maximum Gasteiger partial charge on any atom is 0.317 e. The van der Waals surface area contributed by atoms with Gasteiger partial charge in [-0.25, -0.2) is 4.79 Å². The number of urea groups is 1. The third kappa shape index (κ3) is 3.96. The predicted molar refractivity (Wildman–Crippen MR) is 74.9 cm³/mol. The molecule has 2 rings (SSSR count). The van der Waals surface area contributed by atoms with Gasteiger partial charge in [-0.3, -0.25) is 0 Å². The number of nitrogens with zero attached hydrogens (tertiary/aromatic N) is 1. The van der Waals surface area contributed by atoms with Crippen molar-refractivity contribution in [3.05, 3.63) is 35.9 Å². The standard InChI is InChI=1S/C15H22N2O2/c1-12(14-9-6-10-19-14)16-15(18)17(2)11-13-7-4-3-5-8-13/h3-5,7-8,12,14H,6,9-11H2,1-2H3,(H,16,18). The Morgan fingerprint density at radius 1 is 1.47 bits per heavy atom. The molecule has 2 atom stereocenters. The number of hydrogen-bond acceptors (Lipinski definition) is 2. The molecule has 0 spiro atoms. The molecule has 0 saturated carbocycles. The van der Waals surface area contributed by atoms with Crippen molar-refractivity contribution in [3.63, 3.8) is 0 Å². The lowest BCUT2D eigenvalue weighted by atomic mass is 10.1. The van der Waals surface area contributed by atoms with E-state index in [9.17, 15) is 4.79 Å². The highest BCUT2D eigenvalue weighted by Crippen LogP contribution is 2.15. The van der Waals surface area contributed by atoms with Crippen molar-refractivity contribution in [3.8, 4) is 0 Å². The van der Waals surface area contributed by atoms with Gasteiger partial charge >= 0.3 is 6.03 Å². The molecule has 19 heavy (non-hydrogen) atoms. The van der Waals surface area contributed by atoms with E-state index in [2.05, 4.69) is 5.32 Å². The van der Waals surface area contributed by atoms with Crippen LogP contribution in [-0.4, -0.2) is 36.7 Å². The molecule has 2 amide bonds. The lowest BCUT2D eigenvalue weighted by molar-refractivity contribution is 0.0838. The monoisotopic (exact) mass is 262 g/mol. The van der Waals surface area contributed by atoms with Crippen molar-refractivity contribution in [2.75, 3.05) is 13.7 Å². The molecule has 1 saturated heterocycles. The van der Waals surface area contributed by atoms with Crippen LogP contribution in [0.1, 0.15) is 25.3 Å². The Bertz CT molecular complexity index is 402. The first-order chi connectivity index (χ1) is 9.16. The summed E-state index contributed by atoms with van der Waals surface area (Å²) in [6, 6.07) is 10.00. The van der Waals surface area contributed by atoms with Gasteiger partial charge in [0.2, 0.25) is 0 Å². The Morgan fingerprint density at radius 3 is 2.84 bits per heavy atom. The molecular formula is C15H22N2O2. The number of rotatable bonds is 4. The van der Waals surface area contributed by atoms with E-state index < -0.39 is 0 Å². The zero-order valence-corrected chi connectivity index (χ0v) is 11.6. The number of nitrogens with one attached hydrogen (secondary N) is 1. The topological polar surface area (TPSA) is 41.6 Å². The molecule has 0 aliphatic carbocycles. The van der Waals surface area contributed by atoms with Gasteiger partial charge in [0, 0.05) is 20.2 Å². The molecule has 4 nitrogen and oxygen atoms in total. The second-order valence-electron chi connectivity index (χ2n) is 5.13. The van der Waals surface area contributed by atoms with Crippen molar-refractivity contribution in [1.82, 2.24) is 10.2 Å². The largest absolute Gasteiger partial charge is 0.376 e. The van der Waals surface area contributed by atoms with E-state index in [1.165, 1.54) is 0 Å². The Balaban J connectivity index is 1.82. The number of hydrogen-bond donors (Lipinski definition) is 1. The Kier molecular flexibility index (Phi) is 4.80. The van der Waals surface area contributed by atoms with E-state index in [1.807, 2.05) is 44.3 Å². The number of carbonyl (C=O) groups is 1. The van der Waals surface area contributed by atoms with Gasteiger partial charge in [-0.15, -0.1) is 0 Å². The van der Waals surface area contributed by atoms with Crippen LogP contribution in [0.2, 0.25) is 0 Å². The fourth-order valence-electron chi connectivity index (χ4n) is 2.32. The van der Waals surface area contributed by atoms with E-state index in [4.69, 9.17) is 4.74 Å². The van der Waals surface area contributed by atoms with Gasteiger partial charge in [-0.1, -0.05) is 30.3 Å². The fraction of sp³-hybridized carbons (Fsp3) is 0.533. The minimum absolute atomic E-state index is 0.0492.